The third kappa shape index (κ3) is 6.07. The standard InChI is InChI=1S/C14H21BrN2O2/c1-14(2,3)17-13(18)9-19-12-5-4-11(15)8-10(12)6-7-16/h4-5,8H,6-7,9,16H2,1-3H3,(H,17,18). The van der Waals surface area contributed by atoms with Crippen LogP contribution in [0.25, 0.3) is 0 Å². The number of nitrogens with two attached hydrogens (primary N) is 1. The topological polar surface area (TPSA) is 64.3 Å². The number of rotatable bonds is 5. The van der Waals surface area contributed by atoms with Gasteiger partial charge in [0.15, 0.2) is 6.61 Å². The molecule has 4 nitrogen and oxygen atoms in total. The van der Waals surface area contributed by atoms with Crippen LogP contribution in [0.2, 0.25) is 0 Å². The number of nitrogens with one attached hydrogen (secondary N) is 1. The largest absolute Gasteiger partial charge is 0.483 e. The van der Waals surface area contributed by atoms with E-state index in [0.29, 0.717) is 12.3 Å². The molecule has 1 rings (SSSR count). The first-order valence-corrected chi connectivity index (χ1v) is 7.03. The Morgan fingerprint density at radius 3 is 2.68 bits per heavy atom. The van der Waals surface area contributed by atoms with Gasteiger partial charge >= 0.3 is 0 Å². The van der Waals surface area contributed by atoms with Gasteiger partial charge in [0.25, 0.3) is 5.91 Å². The minimum atomic E-state index is -0.250. The Labute approximate surface area is 122 Å². The van der Waals surface area contributed by atoms with E-state index in [2.05, 4.69) is 21.2 Å². The number of benzene rings is 1. The highest BCUT2D eigenvalue weighted by Crippen LogP contribution is 2.23. The van der Waals surface area contributed by atoms with Crippen molar-refractivity contribution in [2.45, 2.75) is 32.7 Å². The van der Waals surface area contributed by atoms with Crippen molar-refractivity contribution in [1.82, 2.24) is 5.32 Å². The van der Waals surface area contributed by atoms with Crippen LogP contribution >= 0.6 is 15.9 Å². The summed E-state index contributed by atoms with van der Waals surface area (Å²) in [4.78, 5) is 11.7. The number of halogens is 1. The first-order valence-electron chi connectivity index (χ1n) is 6.24. The summed E-state index contributed by atoms with van der Waals surface area (Å²) < 4.78 is 6.54. The fourth-order valence-corrected chi connectivity index (χ4v) is 2.05. The lowest BCUT2D eigenvalue weighted by molar-refractivity contribution is -0.124. The molecule has 0 aliphatic rings. The van der Waals surface area contributed by atoms with Crippen LogP contribution in [-0.4, -0.2) is 24.6 Å². The molecule has 0 fully saturated rings. The highest BCUT2D eigenvalue weighted by Gasteiger charge is 2.14. The van der Waals surface area contributed by atoms with E-state index in [-0.39, 0.29) is 18.1 Å². The lowest BCUT2D eigenvalue weighted by Crippen LogP contribution is -2.43. The van der Waals surface area contributed by atoms with Crippen LogP contribution in [-0.2, 0) is 11.2 Å². The Hall–Kier alpha value is -1.07. The Morgan fingerprint density at radius 1 is 1.42 bits per heavy atom. The van der Waals surface area contributed by atoms with E-state index in [9.17, 15) is 4.79 Å². The molecule has 1 aromatic rings. The summed E-state index contributed by atoms with van der Waals surface area (Å²) >= 11 is 3.41. The van der Waals surface area contributed by atoms with Crippen molar-refractivity contribution in [3.8, 4) is 5.75 Å². The van der Waals surface area contributed by atoms with Gasteiger partial charge in [-0.1, -0.05) is 15.9 Å². The number of hydrogen-bond acceptors (Lipinski definition) is 3. The second kappa shape index (κ2) is 6.91. The monoisotopic (exact) mass is 328 g/mol. The van der Waals surface area contributed by atoms with Crippen LogP contribution in [0.4, 0.5) is 0 Å². The molecular weight excluding hydrogens is 308 g/mol. The SMILES string of the molecule is CC(C)(C)NC(=O)COc1ccc(Br)cc1CCN. The van der Waals surface area contributed by atoms with Crippen molar-refractivity contribution in [1.29, 1.82) is 0 Å². The average molecular weight is 329 g/mol. The van der Waals surface area contributed by atoms with Gasteiger partial charge < -0.3 is 15.8 Å². The van der Waals surface area contributed by atoms with Crippen LogP contribution < -0.4 is 15.8 Å². The van der Waals surface area contributed by atoms with Gasteiger partial charge in [-0.3, -0.25) is 4.79 Å². The average Bonchev–Trinajstić information content (AvgIpc) is 2.26. The zero-order valence-corrected chi connectivity index (χ0v) is 13.2. The van der Waals surface area contributed by atoms with Gasteiger partial charge in [0.2, 0.25) is 0 Å². The van der Waals surface area contributed by atoms with Crippen molar-refractivity contribution in [2.24, 2.45) is 5.73 Å². The fourth-order valence-electron chi connectivity index (χ4n) is 1.64. The Balaban J connectivity index is 2.64. The maximum Gasteiger partial charge on any atom is 0.258 e. The second-order valence-electron chi connectivity index (χ2n) is 5.38. The molecule has 0 saturated heterocycles. The summed E-state index contributed by atoms with van der Waals surface area (Å²) in [5, 5.41) is 2.85. The molecule has 0 unspecified atom stereocenters. The third-order valence-electron chi connectivity index (χ3n) is 2.31. The molecule has 0 spiro atoms. The smallest absolute Gasteiger partial charge is 0.258 e. The summed E-state index contributed by atoms with van der Waals surface area (Å²) in [6.07, 6.45) is 0.718. The highest BCUT2D eigenvalue weighted by molar-refractivity contribution is 9.10. The molecule has 0 saturated carbocycles. The summed E-state index contributed by atoms with van der Waals surface area (Å²) in [5.41, 5.74) is 6.32. The number of carbonyl (C=O) groups excluding carboxylic acids is 1. The Bertz CT molecular complexity index is 442. The van der Waals surface area contributed by atoms with E-state index in [1.807, 2.05) is 39.0 Å². The van der Waals surface area contributed by atoms with Crippen LogP contribution in [0, 0.1) is 0 Å². The van der Waals surface area contributed by atoms with Gasteiger partial charge in [0.1, 0.15) is 5.75 Å². The molecule has 19 heavy (non-hydrogen) atoms. The van der Waals surface area contributed by atoms with Gasteiger partial charge in [0.05, 0.1) is 0 Å². The van der Waals surface area contributed by atoms with E-state index in [1.165, 1.54) is 0 Å². The second-order valence-corrected chi connectivity index (χ2v) is 6.29. The van der Waals surface area contributed by atoms with Gasteiger partial charge in [-0.25, -0.2) is 0 Å². The van der Waals surface area contributed by atoms with Crippen LogP contribution in [0.3, 0.4) is 0 Å². The van der Waals surface area contributed by atoms with Gasteiger partial charge in [-0.15, -0.1) is 0 Å². The minimum Gasteiger partial charge on any atom is -0.483 e. The minimum absolute atomic E-state index is 0.0104. The van der Waals surface area contributed by atoms with Crippen molar-refractivity contribution < 1.29 is 9.53 Å². The lowest BCUT2D eigenvalue weighted by Gasteiger charge is -2.20. The maximum absolute atomic E-state index is 11.7. The van der Waals surface area contributed by atoms with Gasteiger partial charge in [-0.05, 0) is 57.5 Å². The van der Waals surface area contributed by atoms with Crippen molar-refractivity contribution in [2.75, 3.05) is 13.2 Å². The van der Waals surface area contributed by atoms with Crippen LogP contribution in [0.1, 0.15) is 26.3 Å². The first kappa shape index (κ1) is 16.0. The zero-order chi connectivity index (χ0) is 14.5. The van der Waals surface area contributed by atoms with Gasteiger partial charge in [-0.2, -0.15) is 0 Å². The van der Waals surface area contributed by atoms with Crippen LogP contribution in [0.15, 0.2) is 22.7 Å². The predicted molar refractivity (Wildman–Crippen MR) is 80.3 cm³/mol. The van der Waals surface area contributed by atoms with Crippen molar-refractivity contribution in [3.05, 3.63) is 28.2 Å². The fraction of sp³-hybridized carbons (Fsp3) is 0.500. The molecule has 106 valence electrons. The molecule has 0 aliphatic heterocycles. The summed E-state index contributed by atoms with van der Waals surface area (Å²) in [5.74, 6) is 0.576. The molecule has 0 aliphatic carbocycles. The first-order chi connectivity index (χ1) is 8.81. The van der Waals surface area contributed by atoms with E-state index < -0.39 is 0 Å². The van der Waals surface area contributed by atoms with Gasteiger partial charge in [0, 0.05) is 10.0 Å². The molecule has 0 heterocycles. The molecule has 1 amide bonds. The number of ether oxygens (including phenoxy) is 1. The van der Waals surface area contributed by atoms with Crippen LogP contribution in [0.5, 0.6) is 5.75 Å². The lowest BCUT2D eigenvalue weighted by atomic mass is 10.1. The zero-order valence-electron chi connectivity index (χ0n) is 11.6. The Morgan fingerprint density at radius 2 is 2.11 bits per heavy atom. The molecule has 3 N–H and O–H groups in total. The quantitative estimate of drug-likeness (QED) is 0.871. The molecule has 0 atom stereocenters. The number of carbonyl (C=O) groups is 1. The van der Waals surface area contributed by atoms with E-state index in [4.69, 9.17) is 10.5 Å². The molecule has 0 radical (unpaired) electrons. The highest BCUT2D eigenvalue weighted by atomic mass is 79.9. The van der Waals surface area contributed by atoms with Crippen molar-refractivity contribution >= 4 is 21.8 Å². The summed E-state index contributed by atoms with van der Waals surface area (Å²) in [7, 11) is 0. The molecule has 0 aromatic heterocycles. The predicted octanol–water partition coefficient (Wildman–Crippen LogP) is 2.24. The third-order valence-corrected chi connectivity index (χ3v) is 2.80. The number of hydrogen-bond donors (Lipinski definition) is 2. The molecule has 1 aromatic carbocycles. The molecule has 5 heteroatoms. The van der Waals surface area contributed by atoms with E-state index >= 15 is 0 Å². The molecule has 0 bridgehead atoms. The number of amides is 1. The normalized spacial score (nSPS) is 11.2. The Kier molecular flexibility index (Phi) is 5.82. The maximum atomic E-state index is 11.7. The summed E-state index contributed by atoms with van der Waals surface area (Å²) in [6.45, 7) is 6.36. The van der Waals surface area contributed by atoms with Crippen molar-refractivity contribution in [3.63, 3.8) is 0 Å². The summed E-state index contributed by atoms with van der Waals surface area (Å²) in [6, 6.07) is 5.69. The molecular formula is C14H21BrN2O2. The van der Waals surface area contributed by atoms with E-state index in [1.54, 1.807) is 0 Å². The van der Waals surface area contributed by atoms with E-state index in [0.717, 1.165) is 16.5 Å².